The van der Waals surface area contributed by atoms with Crippen LogP contribution in [-0.2, 0) is 21.4 Å². The number of hydrogen-bond acceptors (Lipinski definition) is 6. The molecule has 1 fully saturated rings. The van der Waals surface area contributed by atoms with Crippen LogP contribution in [0.2, 0.25) is 0 Å². The molecule has 1 aliphatic rings. The summed E-state index contributed by atoms with van der Waals surface area (Å²) in [4.78, 5) is 14.5. The number of rotatable bonds is 8. The molecule has 9 heteroatoms. The summed E-state index contributed by atoms with van der Waals surface area (Å²) in [5.41, 5.74) is 0.858. The second-order valence-corrected chi connectivity index (χ2v) is 9.06. The highest BCUT2D eigenvalue weighted by Gasteiger charge is 2.31. The smallest absolute Gasteiger partial charge is 0.225 e. The molecule has 0 atom stereocenters. The molecular weight excluding hydrogens is 384 g/mol. The zero-order valence-electron chi connectivity index (χ0n) is 17.2. The lowest BCUT2D eigenvalue weighted by molar-refractivity contribution is -0.135. The maximum Gasteiger partial charge on any atom is 0.225 e. The Morgan fingerprint density at radius 2 is 1.64 bits per heavy atom. The van der Waals surface area contributed by atoms with E-state index < -0.39 is 10.0 Å². The van der Waals surface area contributed by atoms with Crippen LogP contribution in [0, 0.1) is 5.92 Å². The molecule has 1 amide bonds. The lowest BCUT2D eigenvalue weighted by atomic mass is 9.96. The monoisotopic (exact) mass is 414 g/mol. The average Bonchev–Trinajstić information content (AvgIpc) is 2.72. The van der Waals surface area contributed by atoms with Crippen molar-refractivity contribution < 1.29 is 27.4 Å². The molecule has 8 nitrogen and oxygen atoms in total. The molecule has 158 valence electrons. The molecule has 0 unspecified atom stereocenters. The van der Waals surface area contributed by atoms with Gasteiger partial charge in [0.2, 0.25) is 21.7 Å². The average molecular weight is 415 g/mol. The van der Waals surface area contributed by atoms with Crippen molar-refractivity contribution in [2.24, 2.45) is 5.92 Å². The molecule has 0 aromatic heterocycles. The van der Waals surface area contributed by atoms with E-state index >= 15 is 0 Å². The van der Waals surface area contributed by atoms with Crippen molar-refractivity contribution in [1.82, 2.24) is 9.21 Å². The highest BCUT2D eigenvalue weighted by Crippen LogP contribution is 2.38. The molecule has 0 N–H and O–H groups in total. The van der Waals surface area contributed by atoms with Gasteiger partial charge in [-0.1, -0.05) is 0 Å². The Morgan fingerprint density at radius 3 is 2.07 bits per heavy atom. The van der Waals surface area contributed by atoms with Gasteiger partial charge in [-0.2, -0.15) is 0 Å². The van der Waals surface area contributed by atoms with Gasteiger partial charge in [0.1, 0.15) is 0 Å². The van der Waals surface area contributed by atoms with E-state index in [0.29, 0.717) is 49.7 Å². The number of carbonyl (C=O) groups is 1. The van der Waals surface area contributed by atoms with Crippen molar-refractivity contribution in [1.29, 1.82) is 0 Å². The van der Waals surface area contributed by atoms with E-state index in [1.807, 2.05) is 12.1 Å². The number of carbonyl (C=O) groups excluding carboxylic acids is 1. The number of nitrogens with zero attached hydrogens (tertiary/aromatic N) is 2. The molecular formula is C19H30N2O6S. The van der Waals surface area contributed by atoms with E-state index in [2.05, 4.69) is 0 Å². The molecule has 2 rings (SSSR count). The summed E-state index contributed by atoms with van der Waals surface area (Å²) in [5.74, 6) is 1.52. The Labute approximate surface area is 167 Å². The van der Waals surface area contributed by atoms with Crippen LogP contribution in [0.3, 0.4) is 0 Å². The quantitative estimate of drug-likeness (QED) is 0.644. The molecule has 28 heavy (non-hydrogen) atoms. The predicted octanol–water partition coefficient (Wildman–Crippen LogP) is 1.73. The van der Waals surface area contributed by atoms with Gasteiger partial charge in [-0.05, 0) is 37.5 Å². The van der Waals surface area contributed by atoms with Crippen molar-refractivity contribution in [3.63, 3.8) is 0 Å². The summed E-state index contributed by atoms with van der Waals surface area (Å²) in [7, 11) is 3.20. The topological polar surface area (TPSA) is 85.4 Å². The van der Waals surface area contributed by atoms with Crippen molar-refractivity contribution in [2.45, 2.75) is 26.3 Å². The fourth-order valence-corrected chi connectivity index (χ4v) is 4.59. The Morgan fingerprint density at radius 1 is 1.11 bits per heavy atom. The van der Waals surface area contributed by atoms with Crippen molar-refractivity contribution in [3.8, 4) is 17.2 Å². The lowest BCUT2D eigenvalue weighted by Crippen LogP contribution is -2.43. The molecule has 0 aliphatic carbocycles. The molecule has 1 heterocycles. The third-order valence-electron chi connectivity index (χ3n) is 5.08. The van der Waals surface area contributed by atoms with E-state index in [-0.39, 0.29) is 17.6 Å². The third kappa shape index (κ3) is 4.88. The SMILES string of the molecule is CCS(=O)(=O)N1CCC(C(=O)N(C)Cc2cc(OC)c(OC)c(OC)c2)CC1. The normalized spacial score (nSPS) is 15.9. The summed E-state index contributed by atoms with van der Waals surface area (Å²) in [6.45, 7) is 2.82. The van der Waals surface area contributed by atoms with Gasteiger partial charge in [0.05, 0.1) is 27.1 Å². The Bertz CT molecular complexity index is 763. The highest BCUT2D eigenvalue weighted by molar-refractivity contribution is 7.89. The van der Waals surface area contributed by atoms with Crippen LogP contribution in [0.15, 0.2) is 12.1 Å². The summed E-state index contributed by atoms with van der Waals surface area (Å²) >= 11 is 0. The lowest BCUT2D eigenvalue weighted by Gasteiger charge is -2.32. The van der Waals surface area contributed by atoms with Gasteiger partial charge < -0.3 is 19.1 Å². The predicted molar refractivity (Wildman–Crippen MR) is 106 cm³/mol. The standard InChI is InChI=1S/C19H30N2O6S/c1-6-28(23,24)21-9-7-15(8-10-21)19(22)20(2)13-14-11-16(25-3)18(27-5)17(12-14)26-4/h11-12,15H,6-10,13H2,1-5H3. The molecule has 1 saturated heterocycles. The Balaban J connectivity index is 2.05. The third-order valence-corrected chi connectivity index (χ3v) is 6.96. The van der Waals surface area contributed by atoms with Crippen LogP contribution >= 0.6 is 0 Å². The highest BCUT2D eigenvalue weighted by atomic mass is 32.2. The summed E-state index contributed by atoms with van der Waals surface area (Å²) in [6.07, 6.45) is 1.08. The fraction of sp³-hybridized carbons (Fsp3) is 0.632. The van der Waals surface area contributed by atoms with E-state index in [1.54, 1.807) is 40.2 Å². The number of ether oxygens (including phenoxy) is 3. The van der Waals surface area contributed by atoms with Gasteiger partial charge in [0, 0.05) is 32.6 Å². The fourth-order valence-electron chi connectivity index (χ4n) is 3.45. The first-order valence-corrected chi connectivity index (χ1v) is 10.9. The number of benzene rings is 1. The van der Waals surface area contributed by atoms with E-state index in [0.717, 1.165) is 5.56 Å². The minimum atomic E-state index is -3.19. The first-order chi connectivity index (χ1) is 13.3. The molecule has 0 radical (unpaired) electrons. The minimum Gasteiger partial charge on any atom is -0.493 e. The van der Waals surface area contributed by atoms with Crippen LogP contribution in [0.5, 0.6) is 17.2 Å². The van der Waals surface area contributed by atoms with Gasteiger partial charge in [0.15, 0.2) is 11.5 Å². The van der Waals surface area contributed by atoms with Crippen LogP contribution in [-0.4, -0.2) is 70.7 Å². The Kier molecular flexibility index (Phi) is 7.54. The minimum absolute atomic E-state index is 0.0160. The van der Waals surface area contributed by atoms with Gasteiger partial charge in [-0.25, -0.2) is 12.7 Å². The van der Waals surface area contributed by atoms with Gasteiger partial charge >= 0.3 is 0 Å². The van der Waals surface area contributed by atoms with E-state index in [4.69, 9.17) is 14.2 Å². The van der Waals surface area contributed by atoms with Crippen LogP contribution in [0.4, 0.5) is 0 Å². The molecule has 0 saturated carbocycles. The van der Waals surface area contributed by atoms with Gasteiger partial charge in [0.25, 0.3) is 0 Å². The number of amides is 1. The second kappa shape index (κ2) is 9.47. The molecule has 1 aromatic carbocycles. The van der Waals surface area contributed by atoms with Crippen molar-refractivity contribution >= 4 is 15.9 Å². The zero-order chi connectivity index (χ0) is 20.9. The van der Waals surface area contributed by atoms with Crippen molar-refractivity contribution in [3.05, 3.63) is 17.7 Å². The first-order valence-electron chi connectivity index (χ1n) is 9.29. The van der Waals surface area contributed by atoms with E-state index in [9.17, 15) is 13.2 Å². The zero-order valence-corrected chi connectivity index (χ0v) is 18.0. The summed E-state index contributed by atoms with van der Waals surface area (Å²) in [6, 6.07) is 3.64. The second-order valence-electron chi connectivity index (χ2n) is 6.80. The number of methoxy groups -OCH3 is 3. The van der Waals surface area contributed by atoms with Gasteiger partial charge in [-0.15, -0.1) is 0 Å². The summed E-state index contributed by atoms with van der Waals surface area (Å²) in [5, 5.41) is 0. The largest absolute Gasteiger partial charge is 0.493 e. The number of hydrogen-bond donors (Lipinski definition) is 0. The Hall–Kier alpha value is -2.00. The van der Waals surface area contributed by atoms with Gasteiger partial charge in [-0.3, -0.25) is 4.79 Å². The van der Waals surface area contributed by atoms with Crippen LogP contribution < -0.4 is 14.2 Å². The number of piperidine rings is 1. The number of sulfonamides is 1. The molecule has 0 spiro atoms. The van der Waals surface area contributed by atoms with E-state index in [1.165, 1.54) is 4.31 Å². The van der Waals surface area contributed by atoms with Crippen LogP contribution in [0.25, 0.3) is 0 Å². The maximum atomic E-state index is 12.8. The van der Waals surface area contributed by atoms with Crippen LogP contribution in [0.1, 0.15) is 25.3 Å². The summed E-state index contributed by atoms with van der Waals surface area (Å²) < 4.78 is 41.5. The molecule has 0 bridgehead atoms. The first kappa shape index (κ1) is 22.3. The molecule has 1 aromatic rings. The maximum absolute atomic E-state index is 12.8. The van der Waals surface area contributed by atoms with Crippen molar-refractivity contribution in [2.75, 3.05) is 47.2 Å². The molecule has 1 aliphatic heterocycles.